The van der Waals surface area contributed by atoms with Gasteiger partial charge in [0.1, 0.15) is 11.6 Å². The number of fused-ring (bicyclic) bond motifs is 1. The van der Waals surface area contributed by atoms with Gasteiger partial charge in [-0.15, -0.1) is 0 Å². The van der Waals surface area contributed by atoms with Crippen LogP contribution in [-0.4, -0.2) is 10.8 Å². The summed E-state index contributed by atoms with van der Waals surface area (Å²) in [5.41, 5.74) is 1.21. The summed E-state index contributed by atoms with van der Waals surface area (Å²) in [6.45, 7) is 0. The van der Waals surface area contributed by atoms with Crippen molar-refractivity contribution >= 4 is 16.5 Å². The molecule has 0 aliphatic rings. The zero-order valence-corrected chi connectivity index (χ0v) is 10.6. The van der Waals surface area contributed by atoms with Gasteiger partial charge in [-0.3, -0.25) is 5.41 Å². The van der Waals surface area contributed by atoms with Crippen molar-refractivity contribution in [3.05, 3.63) is 77.6 Å². The fourth-order valence-corrected chi connectivity index (χ4v) is 2.28. The topological polar surface area (TPSA) is 44.1 Å². The Balaban J connectivity index is 2.21. The van der Waals surface area contributed by atoms with Gasteiger partial charge < -0.3 is 5.11 Å². The summed E-state index contributed by atoms with van der Waals surface area (Å²) in [5, 5.41) is 20.1. The van der Waals surface area contributed by atoms with E-state index in [0.717, 1.165) is 10.8 Å². The van der Waals surface area contributed by atoms with Crippen LogP contribution in [0, 0.1) is 11.2 Å². The summed E-state index contributed by atoms with van der Waals surface area (Å²) in [6, 6.07) is 16.7. The normalized spacial score (nSPS) is 10.7. The van der Waals surface area contributed by atoms with Crippen LogP contribution in [0.3, 0.4) is 0 Å². The number of rotatable bonds is 2. The fraction of sp³-hybridized carbons (Fsp3) is 0. The highest BCUT2D eigenvalue weighted by Crippen LogP contribution is 2.29. The lowest BCUT2D eigenvalue weighted by molar-refractivity contribution is 0.475. The van der Waals surface area contributed by atoms with Crippen LogP contribution in [0.1, 0.15) is 11.1 Å². The number of hydrogen-bond acceptors (Lipinski definition) is 2. The average molecular weight is 265 g/mol. The molecule has 0 spiro atoms. The smallest absolute Gasteiger partial charge is 0.125 e. The van der Waals surface area contributed by atoms with Gasteiger partial charge >= 0.3 is 0 Å². The Kier molecular flexibility index (Phi) is 2.95. The first-order valence-corrected chi connectivity index (χ1v) is 6.22. The molecule has 0 saturated heterocycles. The maximum absolute atomic E-state index is 13.0. The van der Waals surface area contributed by atoms with Gasteiger partial charge in [0.2, 0.25) is 0 Å². The molecule has 0 unspecified atom stereocenters. The minimum absolute atomic E-state index is 0.0537. The molecule has 0 aliphatic heterocycles. The molecule has 3 aromatic carbocycles. The molecule has 20 heavy (non-hydrogen) atoms. The Hall–Kier alpha value is -2.68. The maximum atomic E-state index is 13.0. The van der Waals surface area contributed by atoms with Crippen LogP contribution in [-0.2, 0) is 0 Å². The SMILES string of the molecule is N=C(c1ccc(F)cc1)c1c(O)ccc2ccccc12. The third-order valence-corrected chi connectivity index (χ3v) is 3.29. The Morgan fingerprint density at radius 1 is 0.900 bits per heavy atom. The van der Waals surface area contributed by atoms with Gasteiger partial charge in [0.05, 0.1) is 5.71 Å². The van der Waals surface area contributed by atoms with E-state index in [1.807, 2.05) is 30.3 Å². The van der Waals surface area contributed by atoms with Crippen molar-refractivity contribution in [1.29, 1.82) is 5.41 Å². The second-order valence-corrected chi connectivity index (χ2v) is 4.56. The summed E-state index contributed by atoms with van der Waals surface area (Å²) in [7, 11) is 0. The van der Waals surface area contributed by atoms with E-state index in [9.17, 15) is 9.50 Å². The van der Waals surface area contributed by atoms with E-state index in [2.05, 4.69) is 0 Å². The van der Waals surface area contributed by atoms with Crippen molar-refractivity contribution in [2.45, 2.75) is 0 Å². The van der Waals surface area contributed by atoms with E-state index in [1.54, 1.807) is 18.2 Å². The maximum Gasteiger partial charge on any atom is 0.125 e. The Morgan fingerprint density at radius 3 is 2.35 bits per heavy atom. The molecule has 3 aromatic rings. The summed E-state index contributed by atoms with van der Waals surface area (Å²) < 4.78 is 13.0. The van der Waals surface area contributed by atoms with Gasteiger partial charge in [-0.25, -0.2) is 4.39 Å². The van der Waals surface area contributed by atoms with Crippen molar-refractivity contribution in [2.24, 2.45) is 0 Å². The van der Waals surface area contributed by atoms with E-state index < -0.39 is 0 Å². The van der Waals surface area contributed by atoms with E-state index >= 15 is 0 Å². The Bertz CT molecular complexity index is 794. The van der Waals surface area contributed by atoms with Crippen molar-refractivity contribution in [1.82, 2.24) is 0 Å². The molecule has 0 bridgehead atoms. The number of phenols is 1. The van der Waals surface area contributed by atoms with E-state index in [-0.39, 0.29) is 17.3 Å². The number of aromatic hydroxyl groups is 1. The molecule has 0 heterocycles. The highest BCUT2D eigenvalue weighted by molar-refractivity contribution is 6.19. The first-order valence-electron chi connectivity index (χ1n) is 6.22. The Labute approximate surface area is 115 Å². The molecule has 0 aromatic heterocycles. The lowest BCUT2D eigenvalue weighted by atomic mass is 9.95. The fourth-order valence-electron chi connectivity index (χ4n) is 2.28. The van der Waals surface area contributed by atoms with E-state index in [1.165, 1.54) is 12.1 Å². The molecule has 3 heteroatoms. The molecule has 2 N–H and O–H groups in total. The van der Waals surface area contributed by atoms with Crippen LogP contribution in [0.25, 0.3) is 10.8 Å². The molecule has 3 rings (SSSR count). The first-order chi connectivity index (χ1) is 9.66. The van der Waals surface area contributed by atoms with Gasteiger partial charge in [0.15, 0.2) is 0 Å². The van der Waals surface area contributed by atoms with Crippen LogP contribution < -0.4 is 0 Å². The monoisotopic (exact) mass is 265 g/mol. The standard InChI is InChI=1S/C17H12FNO/c18-13-8-5-12(6-9-13)17(19)16-14-4-2-1-3-11(14)7-10-15(16)20/h1-10,19-20H. The van der Waals surface area contributed by atoms with Crippen molar-refractivity contribution in [2.75, 3.05) is 0 Å². The largest absolute Gasteiger partial charge is 0.507 e. The zero-order chi connectivity index (χ0) is 14.1. The van der Waals surface area contributed by atoms with Crippen LogP contribution >= 0.6 is 0 Å². The van der Waals surface area contributed by atoms with Crippen LogP contribution in [0.15, 0.2) is 60.7 Å². The minimum atomic E-state index is -0.344. The second-order valence-electron chi connectivity index (χ2n) is 4.56. The van der Waals surface area contributed by atoms with Gasteiger partial charge in [-0.2, -0.15) is 0 Å². The predicted molar refractivity (Wildman–Crippen MR) is 77.9 cm³/mol. The number of nitrogens with one attached hydrogen (secondary N) is 1. The van der Waals surface area contributed by atoms with Crippen molar-refractivity contribution < 1.29 is 9.50 Å². The molecule has 0 aliphatic carbocycles. The second kappa shape index (κ2) is 4.78. The predicted octanol–water partition coefficient (Wildman–Crippen LogP) is 4.10. The van der Waals surface area contributed by atoms with Gasteiger partial charge in [0, 0.05) is 11.1 Å². The minimum Gasteiger partial charge on any atom is -0.507 e. The number of phenolic OH excluding ortho intramolecular Hbond substituents is 1. The summed E-state index contributed by atoms with van der Waals surface area (Å²) in [5.74, 6) is -0.290. The van der Waals surface area contributed by atoms with Gasteiger partial charge in [-0.1, -0.05) is 30.3 Å². The first kappa shape index (κ1) is 12.4. The van der Waals surface area contributed by atoms with Gasteiger partial charge in [0.25, 0.3) is 0 Å². The van der Waals surface area contributed by atoms with Crippen LogP contribution in [0.2, 0.25) is 0 Å². The van der Waals surface area contributed by atoms with Crippen LogP contribution in [0.4, 0.5) is 4.39 Å². The molecule has 0 saturated carbocycles. The lowest BCUT2D eigenvalue weighted by Gasteiger charge is -2.10. The lowest BCUT2D eigenvalue weighted by Crippen LogP contribution is -2.03. The highest BCUT2D eigenvalue weighted by atomic mass is 19.1. The Morgan fingerprint density at radius 2 is 1.60 bits per heavy atom. The zero-order valence-electron chi connectivity index (χ0n) is 10.6. The van der Waals surface area contributed by atoms with Crippen molar-refractivity contribution in [3.8, 4) is 5.75 Å². The van der Waals surface area contributed by atoms with E-state index in [4.69, 9.17) is 5.41 Å². The van der Waals surface area contributed by atoms with Crippen LogP contribution in [0.5, 0.6) is 5.75 Å². The summed E-state index contributed by atoms with van der Waals surface area (Å²) >= 11 is 0. The average Bonchev–Trinajstić information content (AvgIpc) is 2.47. The molecule has 0 atom stereocenters. The summed E-state index contributed by atoms with van der Waals surface area (Å²) in [6.07, 6.45) is 0. The number of benzene rings is 3. The molecule has 98 valence electrons. The number of hydrogen-bond donors (Lipinski definition) is 2. The quantitative estimate of drug-likeness (QED) is 0.673. The third-order valence-electron chi connectivity index (χ3n) is 3.29. The summed E-state index contributed by atoms with van der Waals surface area (Å²) in [4.78, 5) is 0. The van der Waals surface area contributed by atoms with Crippen molar-refractivity contribution in [3.63, 3.8) is 0 Å². The van der Waals surface area contributed by atoms with E-state index in [0.29, 0.717) is 11.1 Å². The van der Waals surface area contributed by atoms with Gasteiger partial charge in [-0.05, 0) is 41.1 Å². The molecule has 0 fully saturated rings. The third kappa shape index (κ3) is 2.03. The molecule has 0 radical (unpaired) electrons. The highest BCUT2D eigenvalue weighted by Gasteiger charge is 2.13. The molecular weight excluding hydrogens is 253 g/mol. The number of halogens is 1. The molecule has 0 amide bonds. The molecular formula is C17H12FNO. The molecule has 2 nitrogen and oxygen atoms in total.